The van der Waals surface area contributed by atoms with Gasteiger partial charge in [-0.25, -0.2) is 9.37 Å². The number of H-pyrrole nitrogens is 1. The molecule has 1 fully saturated rings. The smallest absolute Gasteiger partial charge is 0.260 e. The van der Waals surface area contributed by atoms with Crippen molar-refractivity contribution in [2.24, 2.45) is 0 Å². The van der Waals surface area contributed by atoms with E-state index in [0.29, 0.717) is 11.9 Å². The van der Waals surface area contributed by atoms with Crippen LogP contribution in [0, 0.1) is 5.82 Å². The number of likely N-dealkylation sites (tertiary alicyclic amines) is 1. The van der Waals surface area contributed by atoms with Gasteiger partial charge in [0.2, 0.25) is 0 Å². The molecule has 0 bridgehead atoms. The van der Waals surface area contributed by atoms with Crippen LogP contribution in [0.15, 0.2) is 34.4 Å². The zero-order chi connectivity index (χ0) is 17.2. The second-order valence-corrected chi connectivity index (χ2v) is 7.40. The van der Waals surface area contributed by atoms with Gasteiger partial charge in [-0.15, -0.1) is 11.3 Å². The average molecular weight is 357 g/mol. The molecule has 0 amide bonds. The van der Waals surface area contributed by atoms with Gasteiger partial charge in [-0.1, -0.05) is 25.0 Å². The number of aromatic nitrogens is 2. The summed E-state index contributed by atoms with van der Waals surface area (Å²) in [4.78, 5) is 23.4. The minimum absolute atomic E-state index is 0.115. The molecule has 4 rings (SSSR count). The summed E-state index contributed by atoms with van der Waals surface area (Å²) < 4.78 is 13.1. The highest BCUT2D eigenvalue weighted by atomic mass is 32.1. The van der Waals surface area contributed by atoms with E-state index in [1.807, 2.05) is 5.38 Å². The molecule has 1 aliphatic rings. The monoisotopic (exact) mass is 357 g/mol. The Labute approximate surface area is 149 Å². The van der Waals surface area contributed by atoms with Gasteiger partial charge in [-0.05, 0) is 43.6 Å². The number of aromatic amines is 1. The van der Waals surface area contributed by atoms with Crippen LogP contribution < -0.4 is 5.56 Å². The minimum atomic E-state index is -0.282. The quantitative estimate of drug-likeness (QED) is 0.765. The lowest BCUT2D eigenvalue weighted by molar-refractivity contribution is 0.270. The third kappa shape index (κ3) is 3.50. The Morgan fingerprint density at radius 2 is 1.84 bits per heavy atom. The Balaban J connectivity index is 1.67. The maximum Gasteiger partial charge on any atom is 0.260 e. The molecule has 1 N–H and O–H groups in total. The van der Waals surface area contributed by atoms with Crippen molar-refractivity contribution in [1.82, 2.24) is 14.9 Å². The first kappa shape index (κ1) is 16.4. The van der Waals surface area contributed by atoms with E-state index in [2.05, 4.69) is 14.9 Å². The van der Waals surface area contributed by atoms with Gasteiger partial charge in [0, 0.05) is 10.9 Å². The van der Waals surface area contributed by atoms with Crippen molar-refractivity contribution in [1.29, 1.82) is 0 Å². The van der Waals surface area contributed by atoms with E-state index in [0.717, 1.165) is 34.9 Å². The van der Waals surface area contributed by atoms with Crippen molar-refractivity contribution >= 4 is 21.6 Å². The highest BCUT2D eigenvalue weighted by Crippen LogP contribution is 2.30. The Bertz CT molecular complexity index is 924. The number of nitrogens with zero attached hydrogens (tertiary/aromatic N) is 2. The third-order valence-corrected chi connectivity index (χ3v) is 5.59. The van der Waals surface area contributed by atoms with Gasteiger partial charge in [-0.3, -0.25) is 9.69 Å². The first-order valence-electron chi connectivity index (χ1n) is 8.69. The van der Waals surface area contributed by atoms with Crippen molar-refractivity contribution in [3.8, 4) is 11.1 Å². The normalized spacial score (nSPS) is 16.2. The molecule has 130 valence electrons. The van der Waals surface area contributed by atoms with Gasteiger partial charge in [0.25, 0.3) is 5.56 Å². The van der Waals surface area contributed by atoms with E-state index in [-0.39, 0.29) is 11.4 Å². The topological polar surface area (TPSA) is 49.0 Å². The van der Waals surface area contributed by atoms with E-state index < -0.39 is 0 Å². The Hall–Kier alpha value is -2.05. The molecule has 1 saturated heterocycles. The largest absolute Gasteiger partial charge is 0.309 e. The number of hydrogen-bond acceptors (Lipinski definition) is 4. The number of hydrogen-bond donors (Lipinski definition) is 1. The molecule has 25 heavy (non-hydrogen) atoms. The van der Waals surface area contributed by atoms with Crippen LogP contribution in [0.5, 0.6) is 0 Å². The minimum Gasteiger partial charge on any atom is -0.309 e. The lowest BCUT2D eigenvalue weighted by Gasteiger charge is -2.18. The van der Waals surface area contributed by atoms with Crippen LogP contribution in [-0.4, -0.2) is 28.0 Å². The average Bonchev–Trinajstić information content (AvgIpc) is 2.86. The van der Waals surface area contributed by atoms with Gasteiger partial charge >= 0.3 is 0 Å². The summed E-state index contributed by atoms with van der Waals surface area (Å²) in [5, 5.41) is 2.52. The lowest BCUT2D eigenvalue weighted by Crippen LogP contribution is -2.26. The third-order valence-electron chi connectivity index (χ3n) is 4.72. The molecule has 6 heteroatoms. The molecule has 4 nitrogen and oxygen atoms in total. The molecule has 1 aliphatic heterocycles. The van der Waals surface area contributed by atoms with Gasteiger partial charge in [0.05, 0.1) is 11.9 Å². The predicted molar refractivity (Wildman–Crippen MR) is 99.4 cm³/mol. The molecule has 0 radical (unpaired) electrons. The maximum atomic E-state index is 13.1. The van der Waals surface area contributed by atoms with Crippen LogP contribution in [0.4, 0.5) is 4.39 Å². The molecule has 3 aromatic rings. The first-order valence-corrected chi connectivity index (χ1v) is 9.57. The SMILES string of the molecule is O=c1[nH]c(CN2CCCCCC2)nc2scc(-c3ccc(F)cc3)c12. The summed E-state index contributed by atoms with van der Waals surface area (Å²) in [6, 6.07) is 6.21. The summed E-state index contributed by atoms with van der Waals surface area (Å²) in [7, 11) is 0. The lowest BCUT2D eigenvalue weighted by atomic mass is 10.1. The summed E-state index contributed by atoms with van der Waals surface area (Å²) in [5.41, 5.74) is 1.53. The van der Waals surface area contributed by atoms with Crippen LogP contribution in [0.2, 0.25) is 0 Å². The number of fused-ring (bicyclic) bond motifs is 1. The fourth-order valence-electron chi connectivity index (χ4n) is 3.42. The molecule has 0 saturated carbocycles. The molecular formula is C19H20FN3OS. The summed E-state index contributed by atoms with van der Waals surface area (Å²) in [6.45, 7) is 2.81. The van der Waals surface area contributed by atoms with E-state index >= 15 is 0 Å². The number of benzene rings is 1. The van der Waals surface area contributed by atoms with Gasteiger partial charge in [0.15, 0.2) is 0 Å². The molecule has 3 heterocycles. The highest BCUT2D eigenvalue weighted by Gasteiger charge is 2.15. The van der Waals surface area contributed by atoms with Crippen molar-refractivity contribution in [3.05, 3.63) is 51.6 Å². The summed E-state index contributed by atoms with van der Waals surface area (Å²) in [6.07, 6.45) is 4.98. The fraction of sp³-hybridized carbons (Fsp3) is 0.368. The Morgan fingerprint density at radius 3 is 2.56 bits per heavy atom. The Morgan fingerprint density at radius 1 is 1.12 bits per heavy atom. The number of halogens is 1. The van der Waals surface area contributed by atoms with Crippen LogP contribution in [0.1, 0.15) is 31.5 Å². The van der Waals surface area contributed by atoms with Crippen LogP contribution in [0.3, 0.4) is 0 Å². The predicted octanol–water partition coefficient (Wildman–Crippen LogP) is 4.17. The molecule has 0 aliphatic carbocycles. The van der Waals surface area contributed by atoms with Crippen LogP contribution in [-0.2, 0) is 6.54 Å². The summed E-state index contributed by atoms with van der Waals surface area (Å²) in [5.74, 6) is 0.446. The molecule has 0 atom stereocenters. The highest BCUT2D eigenvalue weighted by molar-refractivity contribution is 7.17. The second-order valence-electron chi connectivity index (χ2n) is 6.54. The molecule has 0 spiro atoms. The molecule has 0 unspecified atom stereocenters. The Kier molecular flexibility index (Phi) is 4.63. The van der Waals surface area contributed by atoms with E-state index in [9.17, 15) is 9.18 Å². The van der Waals surface area contributed by atoms with Gasteiger partial charge in [0.1, 0.15) is 16.5 Å². The second kappa shape index (κ2) is 7.06. The zero-order valence-corrected chi connectivity index (χ0v) is 14.7. The van der Waals surface area contributed by atoms with Crippen molar-refractivity contribution in [2.75, 3.05) is 13.1 Å². The zero-order valence-electron chi connectivity index (χ0n) is 13.9. The molecule has 2 aromatic heterocycles. The standard InChI is InChI=1S/C19H20FN3OS/c20-14-7-5-13(6-8-14)15-12-25-19-17(15)18(24)21-16(22-19)11-23-9-3-1-2-4-10-23/h5-8,12H,1-4,9-11H2,(H,21,22,24). The number of thiophene rings is 1. The number of nitrogens with one attached hydrogen (secondary N) is 1. The van der Waals surface area contributed by atoms with Gasteiger partial charge < -0.3 is 4.98 Å². The van der Waals surface area contributed by atoms with Crippen molar-refractivity contribution < 1.29 is 4.39 Å². The van der Waals surface area contributed by atoms with Crippen molar-refractivity contribution in [3.63, 3.8) is 0 Å². The van der Waals surface area contributed by atoms with Crippen LogP contribution >= 0.6 is 11.3 Å². The van der Waals surface area contributed by atoms with Crippen molar-refractivity contribution in [2.45, 2.75) is 32.2 Å². The van der Waals surface area contributed by atoms with E-state index in [1.54, 1.807) is 12.1 Å². The number of rotatable bonds is 3. The van der Waals surface area contributed by atoms with Gasteiger partial charge in [-0.2, -0.15) is 0 Å². The fourth-order valence-corrected chi connectivity index (χ4v) is 4.38. The van der Waals surface area contributed by atoms with E-state index in [4.69, 9.17) is 0 Å². The van der Waals surface area contributed by atoms with Crippen LogP contribution in [0.25, 0.3) is 21.3 Å². The molecule has 1 aromatic carbocycles. The maximum absolute atomic E-state index is 13.1. The first-order chi connectivity index (χ1) is 12.2. The van der Waals surface area contributed by atoms with E-state index in [1.165, 1.54) is 49.2 Å². The molecular weight excluding hydrogens is 337 g/mol. The summed E-state index contributed by atoms with van der Waals surface area (Å²) >= 11 is 1.46.